The highest BCUT2D eigenvalue weighted by Crippen LogP contribution is 2.25. The molecule has 0 saturated heterocycles. The van der Waals surface area contributed by atoms with Crippen molar-refractivity contribution in [2.75, 3.05) is 17.2 Å². The predicted octanol–water partition coefficient (Wildman–Crippen LogP) is 2.20. The Bertz CT molecular complexity index is 912. The second-order valence-corrected chi connectivity index (χ2v) is 6.74. The number of nitrogens with zero attached hydrogens (tertiary/aromatic N) is 5. The highest BCUT2D eigenvalue weighted by molar-refractivity contribution is 5.98. The van der Waals surface area contributed by atoms with Gasteiger partial charge >= 0.3 is 0 Å². The van der Waals surface area contributed by atoms with Crippen molar-refractivity contribution in [2.24, 2.45) is 0 Å². The van der Waals surface area contributed by atoms with Gasteiger partial charge in [-0.3, -0.25) is 14.9 Å². The summed E-state index contributed by atoms with van der Waals surface area (Å²) in [5.41, 5.74) is 2.10. The number of anilines is 2. The fourth-order valence-electron chi connectivity index (χ4n) is 3.16. The first-order chi connectivity index (χ1) is 13.8. The van der Waals surface area contributed by atoms with Gasteiger partial charge in [0.25, 0.3) is 0 Å². The third-order valence-corrected chi connectivity index (χ3v) is 4.66. The predicted molar refractivity (Wildman–Crippen MR) is 109 cm³/mol. The van der Waals surface area contributed by atoms with Crippen molar-refractivity contribution < 1.29 is 10.3 Å². The van der Waals surface area contributed by atoms with Crippen LogP contribution in [0.1, 0.15) is 38.5 Å². The standard InChI is InChI=1S/C13H10N8O.C6H12.H2O/c22-10-5-16-12-13(20-10)19-9(4-15-12)7-1-2-8(14-3-7)11-17-6-18-21-11;1-2-4-6-5-3-1;/h1-4,6H,5H2,(H,15,16)(H,17,18,21)(H,19,20,22);1-6H2;1H2. The van der Waals surface area contributed by atoms with E-state index in [1.807, 2.05) is 12.1 Å². The zero-order chi connectivity index (χ0) is 19.2. The summed E-state index contributed by atoms with van der Waals surface area (Å²) >= 11 is 0. The van der Waals surface area contributed by atoms with Crippen molar-refractivity contribution in [3.8, 4) is 22.8 Å². The largest absolute Gasteiger partial charge is 0.412 e. The van der Waals surface area contributed by atoms with E-state index in [4.69, 9.17) is 0 Å². The minimum atomic E-state index is -0.141. The van der Waals surface area contributed by atoms with Crippen molar-refractivity contribution in [1.29, 1.82) is 0 Å². The van der Waals surface area contributed by atoms with Gasteiger partial charge in [-0.05, 0) is 12.1 Å². The summed E-state index contributed by atoms with van der Waals surface area (Å²) in [6.07, 6.45) is 13.7. The van der Waals surface area contributed by atoms with Crippen molar-refractivity contribution in [3.05, 3.63) is 30.9 Å². The Morgan fingerprint density at radius 3 is 2.21 bits per heavy atom. The summed E-state index contributed by atoms with van der Waals surface area (Å²) in [4.78, 5) is 28.4. The van der Waals surface area contributed by atoms with Gasteiger partial charge in [0.2, 0.25) is 5.91 Å². The molecular weight excluding hydrogens is 372 g/mol. The Morgan fingerprint density at radius 2 is 1.59 bits per heavy atom. The molecule has 1 aliphatic heterocycles. The van der Waals surface area contributed by atoms with Crippen LogP contribution in [0.3, 0.4) is 0 Å². The third-order valence-electron chi connectivity index (χ3n) is 4.66. The number of H-pyrrole nitrogens is 1. The zero-order valence-corrected chi connectivity index (χ0v) is 16.0. The number of nitrogens with one attached hydrogen (secondary N) is 3. The molecule has 29 heavy (non-hydrogen) atoms. The van der Waals surface area contributed by atoms with Crippen LogP contribution in [0.25, 0.3) is 22.8 Å². The Hall–Kier alpha value is -3.40. The first-order valence-electron chi connectivity index (χ1n) is 9.52. The number of rotatable bonds is 2. The molecule has 1 aliphatic carbocycles. The monoisotopic (exact) mass is 396 g/mol. The highest BCUT2D eigenvalue weighted by Gasteiger charge is 2.17. The van der Waals surface area contributed by atoms with Gasteiger partial charge in [0.15, 0.2) is 17.5 Å². The normalized spacial score (nSPS) is 15.0. The van der Waals surface area contributed by atoms with Gasteiger partial charge in [-0.25, -0.2) is 15.0 Å². The van der Waals surface area contributed by atoms with Gasteiger partial charge in [-0.2, -0.15) is 5.10 Å². The molecule has 1 saturated carbocycles. The smallest absolute Gasteiger partial charge is 0.244 e. The van der Waals surface area contributed by atoms with E-state index in [1.165, 1.54) is 44.9 Å². The molecule has 1 amide bonds. The van der Waals surface area contributed by atoms with Crippen LogP contribution in [0, 0.1) is 0 Å². The van der Waals surface area contributed by atoms with E-state index in [-0.39, 0.29) is 17.9 Å². The third kappa shape index (κ3) is 5.11. The van der Waals surface area contributed by atoms with Gasteiger partial charge in [-0.1, -0.05) is 38.5 Å². The van der Waals surface area contributed by atoms with Crippen molar-refractivity contribution in [1.82, 2.24) is 30.1 Å². The zero-order valence-electron chi connectivity index (χ0n) is 16.0. The van der Waals surface area contributed by atoms with Crippen LogP contribution < -0.4 is 10.6 Å². The molecule has 0 bridgehead atoms. The number of carbonyl (C=O) groups is 1. The van der Waals surface area contributed by atoms with Gasteiger partial charge in [0, 0.05) is 11.8 Å². The van der Waals surface area contributed by atoms with Gasteiger partial charge in [0.05, 0.1) is 18.4 Å². The van der Waals surface area contributed by atoms with Crippen molar-refractivity contribution in [2.45, 2.75) is 38.5 Å². The molecule has 0 aromatic carbocycles. The minimum absolute atomic E-state index is 0. The molecule has 2 aliphatic rings. The summed E-state index contributed by atoms with van der Waals surface area (Å²) in [7, 11) is 0. The van der Waals surface area contributed by atoms with E-state index in [0.29, 0.717) is 28.8 Å². The molecule has 5 rings (SSSR count). The number of aromatic nitrogens is 6. The van der Waals surface area contributed by atoms with E-state index in [2.05, 4.69) is 40.8 Å². The Morgan fingerprint density at radius 1 is 0.828 bits per heavy atom. The maximum Gasteiger partial charge on any atom is 0.244 e. The van der Waals surface area contributed by atoms with E-state index in [0.717, 1.165) is 5.56 Å². The second-order valence-electron chi connectivity index (χ2n) is 6.74. The lowest BCUT2D eigenvalue weighted by Gasteiger charge is -2.16. The fraction of sp³-hybridized carbons (Fsp3) is 0.368. The Kier molecular flexibility index (Phi) is 6.80. The van der Waals surface area contributed by atoms with Crippen LogP contribution in [0.4, 0.5) is 11.6 Å². The van der Waals surface area contributed by atoms with Crippen LogP contribution in [-0.2, 0) is 4.79 Å². The summed E-state index contributed by atoms with van der Waals surface area (Å²) in [5.74, 6) is 1.44. The lowest BCUT2D eigenvalue weighted by atomic mass is 10.0. The molecule has 0 atom stereocenters. The minimum Gasteiger partial charge on any atom is -0.412 e. The summed E-state index contributed by atoms with van der Waals surface area (Å²) in [6.45, 7) is 0.203. The molecule has 0 radical (unpaired) electrons. The van der Waals surface area contributed by atoms with Crippen molar-refractivity contribution >= 4 is 17.5 Å². The first kappa shape index (κ1) is 20.3. The molecular formula is C19H24N8O2. The maximum atomic E-state index is 11.4. The average molecular weight is 396 g/mol. The van der Waals surface area contributed by atoms with Crippen molar-refractivity contribution in [3.63, 3.8) is 0 Å². The first-order valence-corrected chi connectivity index (χ1v) is 9.52. The molecule has 10 heteroatoms. The van der Waals surface area contributed by atoms with Crippen LogP contribution in [0.2, 0.25) is 0 Å². The number of carbonyl (C=O) groups excluding carboxylic acids is 1. The van der Waals surface area contributed by atoms with Crippen LogP contribution in [0.15, 0.2) is 30.9 Å². The lowest BCUT2D eigenvalue weighted by Crippen LogP contribution is -2.28. The highest BCUT2D eigenvalue weighted by atomic mass is 16.2. The molecule has 10 nitrogen and oxygen atoms in total. The second kappa shape index (κ2) is 9.69. The summed E-state index contributed by atoms with van der Waals surface area (Å²) in [6, 6.07) is 3.67. The summed E-state index contributed by atoms with van der Waals surface area (Å²) in [5, 5.41) is 12.1. The molecule has 152 valence electrons. The molecule has 3 aromatic rings. The number of hydrogen-bond acceptors (Lipinski definition) is 7. The summed E-state index contributed by atoms with van der Waals surface area (Å²) < 4.78 is 0. The van der Waals surface area contributed by atoms with Crippen LogP contribution >= 0.6 is 0 Å². The topological polar surface area (TPSA) is 153 Å². The fourth-order valence-corrected chi connectivity index (χ4v) is 3.16. The molecule has 5 N–H and O–H groups in total. The number of amides is 1. The van der Waals surface area contributed by atoms with Gasteiger partial charge in [0.1, 0.15) is 12.0 Å². The van der Waals surface area contributed by atoms with Crippen LogP contribution in [0.5, 0.6) is 0 Å². The molecule has 0 spiro atoms. The van der Waals surface area contributed by atoms with E-state index in [1.54, 1.807) is 12.4 Å². The molecule has 1 fully saturated rings. The average Bonchev–Trinajstić information content (AvgIpc) is 3.30. The van der Waals surface area contributed by atoms with E-state index >= 15 is 0 Å². The molecule has 4 heterocycles. The van der Waals surface area contributed by atoms with Gasteiger partial charge < -0.3 is 16.1 Å². The van der Waals surface area contributed by atoms with Gasteiger partial charge in [-0.15, -0.1) is 0 Å². The number of fused-ring (bicyclic) bond motifs is 1. The Balaban J connectivity index is 0.000000297. The maximum absolute atomic E-state index is 11.4. The number of pyridine rings is 1. The number of aromatic amines is 1. The Labute approximate surface area is 167 Å². The van der Waals surface area contributed by atoms with E-state index in [9.17, 15) is 4.79 Å². The van der Waals surface area contributed by atoms with E-state index < -0.39 is 0 Å². The SMILES string of the molecule is C1CCCCC1.O.O=C1CNc2ncc(-c3ccc(-c4ncn[nH]4)nc3)nc2N1. The lowest BCUT2D eigenvalue weighted by molar-refractivity contribution is -0.114. The molecule has 3 aromatic heterocycles. The quantitative estimate of drug-likeness (QED) is 0.600. The van der Waals surface area contributed by atoms with Crippen LogP contribution in [-0.4, -0.2) is 48.1 Å². The molecule has 0 unspecified atom stereocenters. The number of hydrogen-bond donors (Lipinski definition) is 3.